The summed E-state index contributed by atoms with van der Waals surface area (Å²) in [6.45, 7) is 4.28. The molecule has 3 aliphatic rings. The van der Waals surface area contributed by atoms with E-state index in [2.05, 4.69) is 50.4 Å². The normalized spacial score (nSPS) is 34.6. The second-order valence-electron chi connectivity index (χ2n) is 5.55. The lowest BCUT2D eigenvalue weighted by atomic mass is 9.72. The summed E-state index contributed by atoms with van der Waals surface area (Å²) in [5, 5.41) is 3.72. The number of fused-ring (bicyclic) bond motifs is 3. The molecule has 3 saturated heterocycles. The van der Waals surface area contributed by atoms with E-state index in [1.165, 1.54) is 31.6 Å². The zero-order valence-electron chi connectivity index (χ0n) is 10.5. The van der Waals surface area contributed by atoms with Crippen molar-refractivity contribution in [2.45, 2.75) is 18.4 Å². The maximum Gasteiger partial charge on any atom is 0.0651 e. The van der Waals surface area contributed by atoms with E-state index in [1.807, 2.05) is 0 Å². The van der Waals surface area contributed by atoms with Crippen LogP contribution in [0.15, 0.2) is 28.7 Å². The third kappa shape index (κ3) is 2.17. The molecule has 3 heterocycles. The molecule has 3 nitrogen and oxygen atoms in total. The average Bonchev–Trinajstić information content (AvgIpc) is 2.40. The number of halogens is 1. The molecule has 1 aromatic carbocycles. The molecule has 3 fully saturated rings. The molecule has 3 N–H and O–H groups in total. The number of benzene rings is 1. The van der Waals surface area contributed by atoms with E-state index in [9.17, 15) is 0 Å². The number of piperidine rings is 3. The van der Waals surface area contributed by atoms with Gasteiger partial charge in [-0.2, -0.15) is 0 Å². The topological polar surface area (TPSA) is 41.3 Å². The SMILES string of the molecule is NCC1(Nc2cccc(Br)c2)CN2CCC1CC2. The highest BCUT2D eigenvalue weighted by atomic mass is 79.9. The number of nitrogens with one attached hydrogen (secondary N) is 1. The number of hydrogen-bond acceptors (Lipinski definition) is 3. The van der Waals surface area contributed by atoms with Crippen LogP contribution in [0.5, 0.6) is 0 Å². The highest BCUT2D eigenvalue weighted by Crippen LogP contribution is 2.37. The molecule has 0 amide bonds. The van der Waals surface area contributed by atoms with Crippen LogP contribution in [0.3, 0.4) is 0 Å². The molecule has 98 valence electrons. The van der Waals surface area contributed by atoms with Crippen LogP contribution in [-0.2, 0) is 0 Å². The van der Waals surface area contributed by atoms with Crippen LogP contribution < -0.4 is 11.1 Å². The fraction of sp³-hybridized carbons (Fsp3) is 0.571. The molecule has 1 aromatic rings. The predicted octanol–water partition coefficient (Wildman–Crippen LogP) is 2.28. The molecule has 0 spiro atoms. The first-order chi connectivity index (χ1) is 8.72. The molecule has 2 bridgehead atoms. The maximum atomic E-state index is 6.11. The predicted molar refractivity (Wildman–Crippen MR) is 78.7 cm³/mol. The minimum Gasteiger partial charge on any atom is -0.377 e. The van der Waals surface area contributed by atoms with E-state index in [0.29, 0.717) is 12.5 Å². The molecule has 0 saturated carbocycles. The first-order valence-electron chi connectivity index (χ1n) is 6.68. The number of hydrogen-bond donors (Lipinski definition) is 2. The van der Waals surface area contributed by atoms with E-state index in [4.69, 9.17) is 5.73 Å². The molecule has 0 radical (unpaired) electrons. The van der Waals surface area contributed by atoms with Gasteiger partial charge in [-0.15, -0.1) is 0 Å². The molecular formula is C14H20BrN3. The van der Waals surface area contributed by atoms with Gasteiger partial charge in [0.05, 0.1) is 5.54 Å². The van der Waals surface area contributed by atoms with Gasteiger partial charge in [-0.25, -0.2) is 0 Å². The molecule has 18 heavy (non-hydrogen) atoms. The summed E-state index contributed by atoms with van der Waals surface area (Å²) >= 11 is 3.53. The monoisotopic (exact) mass is 309 g/mol. The van der Waals surface area contributed by atoms with Crippen molar-refractivity contribution in [3.8, 4) is 0 Å². The third-order valence-electron chi connectivity index (χ3n) is 4.46. The highest BCUT2D eigenvalue weighted by Gasteiger charge is 2.45. The summed E-state index contributed by atoms with van der Waals surface area (Å²) < 4.78 is 1.11. The maximum absolute atomic E-state index is 6.11. The summed E-state index contributed by atoms with van der Waals surface area (Å²) in [6, 6.07) is 8.38. The highest BCUT2D eigenvalue weighted by molar-refractivity contribution is 9.10. The zero-order valence-corrected chi connectivity index (χ0v) is 12.1. The first-order valence-corrected chi connectivity index (χ1v) is 7.47. The van der Waals surface area contributed by atoms with Gasteiger partial charge < -0.3 is 16.0 Å². The van der Waals surface area contributed by atoms with Crippen LogP contribution in [0.4, 0.5) is 5.69 Å². The summed E-state index contributed by atoms with van der Waals surface area (Å²) in [5.41, 5.74) is 7.35. The van der Waals surface area contributed by atoms with Crippen molar-refractivity contribution in [3.63, 3.8) is 0 Å². The van der Waals surface area contributed by atoms with Crippen LogP contribution in [0.25, 0.3) is 0 Å². The fourth-order valence-corrected chi connectivity index (χ4v) is 3.85. The van der Waals surface area contributed by atoms with Crippen molar-refractivity contribution in [1.29, 1.82) is 0 Å². The second-order valence-corrected chi connectivity index (χ2v) is 6.46. The van der Waals surface area contributed by atoms with Gasteiger partial charge >= 0.3 is 0 Å². The van der Waals surface area contributed by atoms with Gasteiger partial charge in [0, 0.05) is 23.2 Å². The van der Waals surface area contributed by atoms with Crippen LogP contribution >= 0.6 is 15.9 Å². The summed E-state index contributed by atoms with van der Waals surface area (Å²) in [4.78, 5) is 2.54. The molecule has 4 heteroatoms. The molecule has 3 aliphatic heterocycles. The number of anilines is 1. The van der Waals surface area contributed by atoms with Crippen LogP contribution in [0.2, 0.25) is 0 Å². The molecule has 0 aliphatic carbocycles. The van der Waals surface area contributed by atoms with Crippen molar-refractivity contribution >= 4 is 21.6 Å². The molecular weight excluding hydrogens is 290 g/mol. The Morgan fingerprint density at radius 2 is 2.17 bits per heavy atom. The average molecular weight is 310 g/mol. The standard InChI is InChI=1S/C14H20BrN3/c15-12-2-1-3-13(8-12)17-14(9-16)10-18-6-4-11(14)5-7-18/h1-3,8,11,17H,4-7,9-10,16H2. The molecule has 0 aromatic heterocycles. The van der Waals surface area contributed by atoms with E-state index >= 15 is 0 Å². The molecule has 1 atom stereocenters. The smallest absolute Gasteiger partial charge is 0.0651 e. The van der Waals surface area contributed by atoms with E-state index in [0.717, 1.165) is 11.0 Å². The molecule has 4 rings (SSSR count). The Balaban J connectivity index is 1.84. The number of nitrogens with two attached hydrogens (primary N) is 1. The Kier molecular flexibility index (Phi) is 3.34. The van der Waals surface area contributed by atoms with Crippen LogP contribution in [-0.4, -0.2) is 36.6 Å². The lowest BCUT2D eigenvalue weighted by molar-refractivity contribution is 0.0449. The minimum atomic E-state index is 0.0668. The fourth-order valence-electron chi connectivity index (χ4n) is 3.45. The van der Waals surface area contributed by atoms with Crippen molar-refractivity contribution in [3.05, 3.63) is 28.7 Å². The third-order valence-corrected chi connectivity index (χ3v) is 4.95. The lowest BCUT2D eigenvalue weighted by Gasteiger charge is -2.53. The van der Waals surface area contributed by atoms with Gasteiger partial charge in [0.2, 0.25) is 0 Å². The van der Waals surface area contributed by atoms with Gasteiger partial charge in [0.1, 0.15) is 0 Å². The van der Waals surface area contributed by atoms with Gasteiger partial charge in [0.15, 0.2) is 0 Å². The Labute approximate surface area is 117 Å². The largest absolute Gasteiger partial charge is 0.377 e. The second kappa shape index (κ2) is 4.83. The minimum absolute atomic E-state index is 0.0668. The number of nitrogens with zero attached hydrogens (tertiary/aromatic N) is 1. The zero-order chi connectivity index (χ0) is 12.6. The Hall–Kier alpha value is -0.580. The Bertz CT molecular complexity index is 429. The summed E-state index contributed by atoms with van der Waals surface area (Å²) in [6.07, 6.45) is 2.55. The number of rotatable bonds is 3. The van der Waals surface area contributed by atoms with Crippen molar-refractivity contribution < 1.29 is 0 Å². The first kappa shape index (κ1) is 12.5. The van der Waals surface area contributed by atoms with Crippen LogP contribution in [0.1, 0.15) is 12.8 Å². The van der Waals surface area contributed by atoms with Gasteiger partial charge in [0.25, 0.3) is 0 Å². The lowest BCUT2D eigenvalue weighted by Crippen LogP contribution is -2.66. The van der Waals surface area contributed by atoms with E-state index in [-0.39, 0.29) is 5.54 Å². The Morgan fingerprint density at radius 1 is 1.39 bits per heavy atom. The van der Waals surface area contributed by atoms with Crippen LogP contribution in [0, 0.1) is 5.92 Å². The van der Waals surface area contributed by atoms with Gasteiger partial charge in [-0.3, -0.25) is 0 Å². The summed E-state index contributed by atoms with van der Waals surface area (Å²) in [7, 11) is 0. The van der Waals surface area contributed by atoms with Crippen molar-refractivity contribution in [1.82, 2.24) is 4.90 Å². The van der Waals surface area contributed by atoms with Crippen molar-refractivity contribution in [2.24, 2.45) is 11.7 Å². The van der Waals surface area contributed by atoms with Gasteiger partial charge in [-0.1, -0.05) is 22.0 Å². The van der Waals surface area contributed by atoms with Crippen molar-refractivity contribution in [2.75, 3.05) is 31.5 Å². The Morgan fingerprint density at radius 3 is 2.72 bits per heavy atom. The van der Waals surface area contributed by atoms with E-state index < -0.39 is 0 Å². The van der Waals surface area contributed by atoms with Gasteiger partial charge in [-0.05, 0) is 50.0 Å². The molecule has 1 unspecified atom stereocenters. The quantitative estimate of drug-likeness (QED) is 0.900. The summed E-state index contributed by atoms with van der Waals surface area (Å²) in [5.74, 6) is 0.714. The van der Waals surface area contributed by atoms with E-state index in [1.54, 1.807) is 0 Å².